The zero-order chi connectivity index (χ0) is 28.8. The Labute approximate surface area is 243 Å². The summed E-state index contributed by atoms with van der Waals surface area (Å²) in [4.78, 5) is 12.3. The van der Waals surface area contributed by atoms with Crippen molar-refractivity contribution in [2.45, 2.75) is 41.3 Å². The third-order valence-electron chi connectivity index (χ3n) is 6.62. The van der Waals surface area contributed by atoms with Crippen LogP contribution in [0.1, 0.15) is 45.9 Å². The van der Waals surface area contributed by atoms with Gasteiger partial charge in [-0.25, -0.2) is 13.2 Å². The Hall–Kier alpha value is -3.67. The van der Waals surface area contributed by atoms with Crippen LogP contribution in [0, 0.1) is 0 Å². The number of aliphatic hydroxyl groups excluding tert-OH is 1. The summed E-state index contributed by atoms with van der Waals surface area (Å²) in [6.07, 6.45) is -0.696. The zero-order valence-electron chi connectivity index (χ0n) is 21.9. The fourth-order valence-electron chi connectivity index (χ4n) is 4.47. The van der Waals surface area contributed by atoms with Crippen molar-refractivity contribution in [1.29, 1.82) is 0 Å². The van der Waals surface area contributed by atoms with Crippen molar-refractivity contribution < 1.29 is 32.9 Å². The molecule has 1 aliphatic heterocycles. The lowest BCUT2D eigenvalue weighted by atomic mass is 10.0. The summed E-state index contributed by atoms with van der Waals surface area (Å²) in [6.45, 7) is -0.0524. The quantitative estimate of drug-likeness (QED) is 0.192. The third kappa shape index (κ3) is 7.35. The molecule has 0 bridgehead atoms. The van der Waals surface area contributed by atoms with Crippen LogP contribution < -0.4 is 4.72 Å². The second-order valence-electron chi connectivity index (χ2n) is 9.53. The Morgan fingerprint density at radius 2 is 1.61 bits per heavy atom. The van der Waals surface area contributed by atoms with E-state index >= 15 is 0 Å². The lowest BCUT2D eigenvalue weighted by Gasteiger charge is -2.36. The molecule has 1 saturated heterocycles. The summed E-state index contributed by atoms with van der Waals surface area (Å²) in [6, 6.07) is 29.4. The number of hydrogen-bond acceptors (Lipinski definition) is 7. The molecule has 0 spiro atoms. The molecule has 3 N–H and O–H groups in total. The minimum Gasteiger partial charge on any atom is -0.478 e. The number of ether oxygens (including phenoxy) is 2. The lowest BCUT2D eigenvalue weighted by Crippen LogP contribution is -2.31. The molecule has 0 saturated carbocycles. The fraction of sp³-hybridized carbons (Fsp3) is 0.194. The normalized spacial score (nSPS) is 19.0. The van der Waals surface area contributed by atoms with Crippen LogP contribution in [-0.2, 0) is 26.1 Å². The second-order valence-corrected chi connectivity index (χ2v) is 12.3. The molecule has 3 atom stereocenters. The number of sulfonamides is 1. The first-order chi connectivity index (χ1) is 19.8. The van der Waals surface area contributed by atoms with Crippen LogP contribution in [0.3, 0.4) is 0 Å². The summed E-state index contributed by atoms with van der Waals surface area (Å²) >= 11 is 1.56. The molecule has 0 aromatic heterocycles. The van der Waals surface area contributed by atoms with E-state index in [1.807, 2.05) is 30.3 Å². The first kappa shape index (κ1) is 28.8. The molecular formula is C31H29NO7S2. The second kappa shape index (κ2) is 12.9. The minimum absolute atomic E-state index is 0.0524. The van der Waals surface area contributed by atoms with Gasteiger partial charge in [-0.05, 0) is 59.7 Å². The zero-order valence-corrected chi connectivity index (χ0v) is 23.6. The maximum Gasteiger partial charge on any atom is 0.335 e. The topological polar surface area (TPSA) is 122 Å². The Morgan fingerprint density at radius 3 is 2.29 bits per heavy atom. The van der Waals surface area contributed by atoms with Gasteiger partial charge in [-0.1, -0.05) is 54.6 Å². The standard InChI is InChI=1S/C31H29NO7S2/c33-19-21-9-11-22(12-10-21)29-18-26(20-40-27-15-13-23(14-16-27)30(34)35)38-31(39-29)24-5-4-6-25(17-24)32-41(36,37)28-7-2-1-3-8-28/h1-17,26,29,31-33H,18-20H2,(H,34,35)/t26-,29+,31+/m1/s1. The molecule has 1 aliphatic rings. The van der Waals surface area contributed by atoms with Gasteiger partial charge < -0.3 is 19.7 Å². The van der Waals surface area contributed by atoms with Gasteiger partial charge in [0.05, 0.1) is 29.3 Å². The van der Waals surface area contributed by atoms with Crippen LogP contribution in [0.4, 0.5) is 5.69 Å². The van der Waals surface area contributed by atoms with Gasteiger partial charge in [0.2, 0.25) is 0 Å². The van der Waals surface area contributed by atoms with Crippen molar-refractivity contribution in [3.05, 3.63) is 125 Å². The number of carboxylic acids is 1. The lowest BCUT2D eigenvalue weighted by molar-refractivity contribution is -0.245. The van der Waals surface area contributed by atoms with Gasteiger partial charge in [0.15, 0.2) is 6.29 Å². The highest BCUT2D eigenvalue weighted by Crippen LogP contribution is 2.40. The molecule has 1 heterocycles. The van der Waals surface area contributed by atoms with Gasteiger partial charge in [0.1, 0.15) is 0 Å². The number of nitrogens with one attached hydrogen (secondary N) is 1. The summed E-state index contributed by atoms with van der Waals surface area (Å²) in [5.74, 6) is -0.377. The number of aliphatic hydroxyl groups is 1. The first-order valence-electron chi connectivity index (χ1n) is 13.0. The number of carboxylic acid groups (broad SMARTS) is 1. The largest absolute Gasteiger partial charge is 0.478 e. The first-order valence-corrected chi connectivity index (χ1v) is 15.4. The summed E-state index contributed by atoms with van der Waals surface area (Å²) in [5.41, 5.74) is 3.02. The monoisotopic (exact) mass is 591 g/mol. The minimum atomic E-state index is -3.77. The molecule has 0 radical (unpaired) electrons. The Bertz CT molecular complexity index is 1580. The van der Waals surface area contributed by atoms with E-state index in [1.54, 1.807) is 72.4 Å². The van der Waals surface area contributed by atoms with Gasteiger partial charge in [-0.15, -0.1) is 11.8 Å². The fourth-order valence-corrected chi connectivity index (χ4v) is 6.46. The highest BCUT2D eigenvalue weighted by atomic mass is 32.2. The van der Waals surface area contributed by atoms with E-state index in [2.05, 4.69) is 4.72 Å². The molecule has 0 amide bonds. The van der Waals surface area contributed by atoms with Crippen molar-refractivity contribution in [3.63, 3.8) is 0 Å². The number of carbonyl (C=O) groups is 1. The van der Waals surface area contributed by atoms with Crippen LogP contribution in [0.5, 0.6) is 0 Å². The third-order valence-corrected chi connectivity index (χ3v) is 9.16. The van der Waals surface area contributed by atoms with E-state index in [-0.39, 0.29) is 29.3 Å². The average Bonchev–Trinajstić information content (AvgIpc) is 3.00. The van der Waals surface area contributed by atoms with Gasteiger partial charge in [0, 0.05) is 28.3 Å². The van der Waals surface area contributed by atoms with E-state index in [1.165, 1.54) is 12.1 Å². The predicted octanol–water partition coefficient (Wildman–Crippen LogP) is 6.02. The van der Waals surface area contributed by atoms with Crippen molar-refractivity contribution >= 4 is 33.4 Å². The molecule has 0 aliphatic carbocycles. The number of aromatic carboxylic acids is 1. The van der Waals surface area contributed by atoms with Crippen LogP contribution in [0.15, 0.2) is 113 Å². The summed E-state index contributed by atoms with van der Waals surface area (Å²) in [5, 5.41) is 18.6. The molecule has 5 rings (SSSR count). The smallest absolute Gasteiger partial charge is 0.335 e. The predicted molar refractivity (Wildman–Crippen MR) is 156 cm³/mol. The van der Waals surface area contributed by atoms with Gasteiger partial charge in [-0.2, -0.15) is 0 Å². The number of benzene rings is 4. The Kier molecular flexibility index (Phi) is 9.06. The molecule has 1 fully saturated rings. The van der Waals surface area contributed by atoms with Crippen molar-refractivity contribution in [1.82, 2.24) is 0 Å². The summed E-state index contributed by atoms with van der Waals surface area (Å²) < 4.78 is 41.2. The van der Waals surface area contributed by atoms with Crippen LogP contribution in [0.2, 0.25) is 0 Å². The van der Waals surface area contributed by atoms with E-state index in [0.717, 1.165) is 16.0 Å². The molecule has 212 valence electrons. The number of anilines is 1. The van der Waals surface area contributed by atoms with Crippen LogP contribution in [-0.4, -0.2) is 36.5 Å². The maximum absolute atomic E-state index is 12.9. The highest BCUT2D eigenvalue weighted by Gasteiger charge is 2.32. The maximum atomic E-state index is 12.9. The molecule has 4 aromatic carbocycles. The van der Waals surface area contributed by atoms with Crippen LogP contribution in [0.25, 0.3) is 0 Å². The molecule has 10 heteroatoms. The average molecular weight is 592 g/mol. The van der Waals surface area contributed by atoms with Crippen molar-refractivity contribution in [2.75, 3.05) is 10.5 Å². The van der Waals surface area contributed by atoms with Gasteiger partial charge in [-0.3, -0.25) is 4.72 Å². The number of thioether (sulfide) groups is 1. The number of hydrogen-bond donors (Lipinski definition) is 3. The van der Waals surface area contributed by atoms with E-state index < -0.39 is 22.3 Å². The van der Waals surface area contributed by atoms with Gasteiger partial charge >= 0.3 is 5.97 Å². The molecule has 8 nitrogen and oxygen atoms in total. The Morgan fingerprint density at radius 1 is 0.878 bits per heavy atom. The van der Waals surface area contributed by atoms with Crippen molar-refractivity contribution in [3.8, 4) is 0 Å². The van der Waals surface area contributed by atoms with E-state index in [0.29, 0.717) is 23.4 Å². The number of rotatable bonds is 10. The molecule has 0 unspecified atom stereocenters. The SMILES string of the molecule is O=C(O)c1ccc(SC[C@H]2C[C@@H](c3ccc(CO)cc3)O[C@@H](c3cccc(NS(=O)(=O)c4ccccc4)c3)O2)cc1. The van der Waals surface area contributed by atoms with E-state index in [4.69, 9.17) is 14.6 Å². The van der Waals surface area contributed by atoms with Crippen molar-refractivity contribution in [2.24, 2.45) is 0 Å². The molecule has 4 aromatic rings. The van der Waals surface area contributed by atoms with Crippen LogP contribution >= 0.6 is 11.8 Å². The highest BCUT2D eigenvalue weighted by molar-refractivity contribution is 7.99. The van der Waals surface area contributed by atoms with Gasteiger partial charge in [0.25, 0.3) is 10.0 Å². The Balaban J connectivity index is 1.36. The molecule has 41 heavy (non-hydrogen) atoms. The summed E-state index contributed by atoms with van der Waals surface area (Å²) in [7, 11) is -3.77. The van der Waals surface area contributed by atoms with E-state index in [9.17, 15) is 18.3 Å². The molecular weight excluding hydrogens is 562 g/mol.